The van der Waals surface area contributed by atoms with Crippen molar-refractivity contribution in [2.45, 2.75) is 21.1 Å². The van der Waals surface area contributed by atoms with Crippen molar-refractivity contribution in [2.75, 3.05) is 0 Å². The summed E-state index contributed by atoms with van der Waals surface area (Å²) in [5.74, 6) is 0. The van der Waals surface area contributed by atoms with Crippen LogP contribution in [0.3, 0.4) is 0 Å². The number of amides is 2. The van der Waals surface area contributed by atoms with Gasteiger partial charge in [-0.1, -0.05) is 0 Å². The molecule has 0 radical (unpaired) electrons. The van der Waals surface area contributed by atoms with Crippen molar-refractivity contribution in [3.05, 3.63) is 130 Å². The Kier molecular flexibility index (Phi) is 9.53. The number of hydrogen-bond acceptors (Lipinski definition) is 2. The summed E-state index contributed by atoms with van der Waals surface area (Å²) in [6.45, 7) is 4.71. The molecule has 2 aliphatic carbocycles. The fourth-order valence-corrected chi connectivity index (χ4v) is 10.8. The Labute approximate surface area is 255 Å². The van der Waals surface area contributed by atoms with Crippen LogP contribution >= 0.6 is 0 Å². The van der Waals surface area contributed by atoms with Crippen LogP contribution in [0.1, 0.15) is 43.4 Å². The molecular formula is C34H31GaN2O2Zr. The third-order valence-corrected chi connectivity index (χ3v) is 14.4. The second-order valence-corrected chi connectivity index (χ2v) is 16.1. The van der Waals surface area contributed by atoms with E-state index in [9.17, 15) is 9.59 Å². The Bertz CT molecular complexity index is 1450. The molecule has 2 aliphatic rings. The Balaban J connectivity index is 0.000000411. The van der Waals surface area contributed by atoms with Crippen molar-refractivity contribution >= 4 is 42.9 Å². The second-order valence-electron chi connectivity index (χ2n) is 9.98. The number of hydrogen-bond donors (Lipinski definition) is 2. The monoisotopic (exact) mass is 658 g/mol. The van der Waals surface area contributed by atoms with E-state index < -0.39 is 41.1 Å². The van der Waals surface area contributed by atoms with Crippen molar-refractivity contribution in [3.8, 4) is 22.3 Å². The number of carbonyl (C=O) groups is 2. The number of rotatable bonds is 8. The van der Waals surface area contributed by atoms with Gasteiger partial charge in [-0.3, -0.25) is 0 Å². The van der Waals surface area contributed by atoms with E-state index in [1.54, 1.807) is 22.3 Å². The maximum absolute atomic E-state index is 9.46. The van der Waals surface area contributed by atoms with E-state index in [0.717, 1.165) is 0 Å². The molecule has 0 heterocycles. The summed E-state index contributed by atoms with van der Waals surface area (Å²) in [6, 6.07) is 35.6. The van der Waals surface area contributed by atoms with Crippen molar-refractivity contribution < 1.29 is 32.8 Å². The van der Waals surface area contributed by atoms with Crippen LogP contribution in [0.5, 0.6) is 0 Å². The van der Waals surface area contributed by atoms with Crippen molar-refractivity contribution in [1.29, 1.82) is 0 Å². The topological polar surface area (TPSA) is 58.2 Å². The minimum atomic E-state index is -1.18. The van der Waals surface area contributed by atoms with Crippen LogP contribution in [0.4, 0.5) is 0 Å². The van der Waals surface area contributed by atoms with Crippen molar-refractivity contribution in [2.24, 2.45) is 0 Å². The molecule has 6 rings (SSSR count). The first kappa shape index (κ1) is 28.4. The molecule has 6 heteroatoms. The molecule has 4 aromatic rings. The number of carbonyl (C=O) groups excluding carboxylic acids is 2. The van der Waals surface area contributed by atoms with E-state index in [-0.39, 0.29) is 0 Å². The molecular weight excluding hydrogens is 629 g/mol. The fourth-order valence-electron chi connectivity index (χ4n) is 5.59. The van der Waals surface area contributed by atoms with E-state index in [2.05, 4.69) is 131 Å². The van der Waals surface area contributed by atoms with Gasteiger partial charge in [-0.2, -0.15) is 0 Å². The number of fused-ring (bicyclic) bond motifs is 2. The fraction of sp³-hybridized carbons (Fsp3) is 0.118. The third kappa shape index (κ3) is 6.10. The van der Waals surface area contributed by atoms with Gasteiger partial charge in [0.1, 0.15) is 0 Å². The van der Waals surface area contributed by atoms with Gasteiger partial charge in [-0.15, -0.1) is 0 Å². The van der Waals surface area contributed by atoms with Gasteiger partial charge in [-0.25, -0.2) is 0 Å². The predicted molar refractivity (Wildman–Crippen MR) is 162 cm³/mol. The maximum atomic E-state index is 9.46. The number of allylic oxidation sites excluding steroid dienone is 2. The van der Waals surface area contributed by atoms with Crippen LogP contribution < -0.4 is 8.05 Å². The zero-order valence-electron chi connectivity index (χ0n) is 22.7. The van der Waals surface area contributed by atoms with E-state index in [4.69, 9.17) is 0 Å². The van der Waals surface area contributed by atoms with Gasteiger partial charge in [0.2, 0.25) is 0 Å². The standard InChI is InChI=1S/2C16H13.2CH3NO.Ga.Zr.H/c2*1-12-10-14-8-5-9-15(16(14)11-12)13-6-3-2-4-7-13;2*2-1-3;;;/h2*2-11H,1H3;2*1H,(H2,2,3);;;/q;;;;+2;;/p-2. The average Bonchev–Trinajstić information content (AvgIpc) is 3.49. The Morgan fingerprint density at radius 3 is 1.43 bits per heavy atom. The first-order valence-corrected chi connectivity index (χ1v) is 19.3. The summed E-state index contributed by atoms with van der Waals surface area (Å²) in [5, 5.41) is 0. The Morgan fingerprint density at radius 1 is 0.600 bits per heavy atom. The second kappa shape index (κ2) is 13.5. The molecule has 4 aromatic carbocycles. The first-order valence-electron chi connectivity index (χ1n) is 13.5. The Hall–Kier alpha value is -3.18. The summed E-state index contributed by atoms with van der Waals surface area (Å²) in [4.78, 5) is 18.9. The first-order chi connectivity index (χ1) is 19.6. The van der Waals surface area contributed by atoms with Gasteiger partial charge in [0.05, 0.1) is 0 Å². The summed E-state index contributed by atoms with van der Waals surface area (Å²) in [7, 11) is 0. The van der Waals surface area contributed by atoms with Crippen LogP contribution in [0.15, 0.2) is 108 Å². The predicted octanol–water partition coefficient (Wildman–Crippen LogP) is 6.46. The van der Waals surface area contributed by atoms with Gasteiger partial charge in [-0.05, 0) is 0 Å². The molecule has 0 saturated heterocycles. The molecule has 40 heavy (non-hydrogen) atoms. The van der Waals surface area contributed by atoms with Gasteiger partial charge < -0.3 is 0 Å². The SMILES string of the molecule is CC1=Cc2c(-c3ccccc3)cccc2[CH]1[Zr][CH]1C(C)=Cc2c(-c3ccccc3)cccc21.O=C[NH][GaH][NH]C=O. The average molecular weight is 661 g/mol. The van der Waals surface area contributed by atoms with E-state index in [1.165, 1.54) is 33.4 Å². The van der Waals surface area contributed by atoms with Gasteiger partial charge in [0.15, 0.2) is 0 Å². The van der Waals surface area contributed by atoms with Crippen LogP contribution in [-0.4, -0.2) is 30.7 Å². The van der Waals surface area contributed by atoms with Crippen molar-refractivity contribution in [1.82, 2.24) is 8.05 Å². The summed E-state index contributed by atoms with van der Waals surface area (Å²) < 4.78 is 6.09. The molecule has 0 aliphatic heterocycles. The number of nitrogens with one attached hydrogen (secondary N) is 2. The molecule has 0 fully saturated rings. The Morgan fingerprint density at radius 2 is 1.02 bits per heavy atom. The molecule has 2 amide bonds. The molecule has 0 saturated carbocycles. The molecule has 2 unspecified atom stereocenters. The minimum absolute atomic E-state index is 0.594. The van der Waals surface area contributed by atoms with Crippen molar-refractivity contribution in [3.63, 3.8) is 0 Å². The van der Waals surface area contributed by atoms with E-state index in [0.29, 0.717) is 20.1 Å². The van der Waals surface area contributed by atoms with E-state index in [1.807, 2.05) is 0 Å². The third-order valence-electron chi connectivity index (χ3n) is 7.43. The van der Waals surface area contributed by atoms with Crippen LogP contribution in [0, 0.1) is 0 Å². The van der Waals surface area contributed by atoms with Gasteiger partial charge in [0.25, 0.3) is 0 Å². The quantitative estimate of drug-likeness (QED) is 0.130. The zero-order valence-corrected chi connectivity index (χ0v) is 28.2. The normalized spacial score (nSPS) is 16.2. The number of benzene rings is 4. The van der Waals surface area contributed by atoms with Gasteiger partial charge in [0, 0.05) is 0 Å². The molecule has 0 bridgehead atoms. The van der Waals surface area contributed by atoms with E-state index >= 15 is 0 Å². The molecule has 2 atom stereocenters. The summed E-state index contributed by atoms with van der Waals surface area (Å²) in [6.07, 6.45) is 6.13. The summed E-state index contributed by atoms with van der Waals surface area (Å²) in [5.41, 5.74) is 14.5. The molecule has 2 N–H and O–H groups in total. The van der Waals surface area contributed by atoms with Crippen LogP contribution in [0.25, 0.3) is 34.4 Å². The molecule has 196 valence electrons. The van der Waals surface area contributed by atoms with Gasteiger partial charge >= 0.3 is 258 Å². The summed E-state index contributed by atoms with van der Waals surface area (Å²) >= 11 is -2.02. The zero-order chi connectivity index (χ0) is 27.9. The molecule has 0 spiro atoms. The van der Waals surface area contributed by atoms with Crippen LogP contribution in [0.2, 0.25) is 0 Å². The molecule has 4 nitrogen and oxygen atoms in total. The molecule has 0 aromatic heterocycles. The van der Waals surface area contributed by atoms with Crippen LogP contribution in [-0.2, 0) is 32.8 Å².